The number of aromatic nitrogens is 4. The Morgan fingerprint density at radius 3 is 2.39 bits per heavy atom. The lowest BCUT2D eigenvalue weighted by atomic mass is 9.98. The lowest BCUT2D eigenvalue weighted by Crippen LogP contribution is -2.32. The number of nitrogens with zero attached hydrogens (tertiary/aromatic N) is 4. The predicted molar refractivity (Wildman–Crippen MR) is 119 cm³/mol. The van der Waals surface area contributed by atoms with Crippen LogP contribution in [0, 0.1) is 0 Å². The Labute approximate surface area is 179 Å². The number of hydrogen-bond acceptors (Lipinski definition) is 5. The van der Waals surface area contributed by atoms with Gasteiger partial charge in [0.15, 0.2) is 5.82 Å². The molecule has 0 radical (unpaired) electrons. The van der Waals surface area contributed by atoms with Gasteiger partial charge in [0, 0.05) is 23.1 Å². The lowest BCUT2D eigenvalue weighted by Gasteiger charge is -2.28. The number of fused-ring (bicyclic) bond motifs is 1. The minimum Gasteiger partial charge on any atom is -0.328 e. The molecule has 31 heavy (non-hydrogen) atoms. The van der Waals surface area contributed by atoms with E-state index in [1.54, 1.807) is 10.9 Å². The molecule has 0 aliphatic carbocycles. The molecule has 3 heterocycles. The highest BCUT2D eigenvalue weighted by atomic mass is 16.1. The number of anilines is 2. The normalized spacial score (nSPS) is 15.2. The monoisotopic (exact) mass is 408 g/mol. The third kappa shape index (κ3) is 3.57. The topological polar surface area (TPSA) is 84.7 Å². The van der Waals surface area contributed by atoms with Crippen molar-refractivity contribution in [1.82, 2.24) is 19.7 Å². The molecule has 7 heteroatoms. The first-order chi connectivity index (χ1) is 15.2. The van der Waals surface area contributed by atoms with Gasteiger partial charge in [0.2, 0.25) is 5.95 Å². The van der Waals surface area contributed by atoms with E-state index in [1.165, 1.54) is 0 Å². The number of nitrogens with one attached hydrogen (secondary N) is 2. The third-order valence-corrected chi connectivity index (χ3v) is 5.13. The summed E-state index contributed by atoms with van der Waals surface area (Å²) in [6.45, 7) is 1.87. The van der Waals surface area contributed by atoms with Gasteiger partial charge in [-0.15, -0.1) is 5.10 Å². The van der Waals surface area contributed by atoms with Gasteiger partial charge in [0.1, 0.15) is 6.04 Å². The Balaban J connectivity index is 1.60. The maximum Gasteiger partial charge on any atom is 0.255 e. The number of carbonyl (C=O) groups excluding carboxylic acids is 1. The number of allylic oxidation sites excluding steroid dienone is 1. The van der Waals surface area contributed by atoms with Crippen LogP contribution in [0.1, 0.15) is 18.7 Å². The van der Waals surface area contributed by atoms with E-state index in [0.717, 1.165) is 11.3 Å². The van der Waals surface area contributed by atoms with Crippen molar-refractivity contribution >= 4 is 17.5 Å². The SMILES string of the molecule is CC1=C(C(=O)Nc2ccccc2)[C@H](c2ccccn2)n2nc(-c3ccccc3)nc2N1. The smallest absolute Gasteiger partial charge is 0.255 e. The third-order valence-electron chi connectivity index (χ3n) is 5.13. The fraction of sp³-hybridized carbons (Fsp3) is 0.0833. The van der Waals surface area contributed by atoms with Crippen LogP contribution in [0.2, 0.25) is 0 Å². The second-order valence-corrected chi connectivity index (χ2v) is 7.21. The van der Waals surface area contributed by atoms with Crippen LogP contribution in [-0.4, -0.2) is 25.7 Å². The Bertz CT molecular complexity index is 1250. The molecule has 0 fully saturated rings. The molecule has 0 bridgehead atoms. The van der Waals surface area contributed by atoms with Crippen LogP contribution >= 0.6 is 0 Å². The van der Waals surface area contributed by atoms with E-state index in [-0.39, 0.29) is 5.91 Å². The fourth-order valence-electron chi connectivity index (χ4n) is 3.69. The van der Waals surface area contributed by atoms with Crippen molar-refractivity contribution in [3.63, 3.8) is 0 Å². The average Bonchev–Trinajstić information content (AvgIpc) is 3.23. The first-order valence-corrected chi connectivity index (χ1v) is 9.98. The van der Waals surface area contributed by atoms with Crippen LogP contribution in [0.5, 0.6) is 0 Å². The van der Waals surface area contributed by atoms with Gasteiger partial charge in [-0.25, -0.2) is 4.68 Å². The molecule has 152 valence electrons. The van der Waals surface area contributed by atoms with Crippen molar-refractivity contribution in [1.29, 1.82) is 0 Å². The minimum absolute atomic E-state index is 0.214. The highest BCUT2D eigenvalue weighted by Gasteiger charge is 2.35. The molecule has 2 N–H and O–H groups in total. The highest BCUT2D eigenvalue weighted by Crippen LogP contribution is 2.35. The number of carbonyl (C=O) groups is 1. The summed E-state index contributed by atoms with van der Waals surface area (Å²) < 4.78 is 1.73. The van der Waals surface area contributed by atoms with Crippen LogP contribution in [0.25, 0.3) is 11.4 Å². The molecule has 1 atom stereocenters. The van der Waals surface area contributed by atoms with Crippen molar-refractivity contribution < 1.29 is 4.79 Å². The molecule has 0 spiro atoms. The molecular weight excluding hydrogens is 388 g/mol. The van der Waals surface area contributed by atoms with Crippen molar-refractivity contribution in [2.45, 2.75) is 13.0 Å². The van der Waals surface area contributed by atoms with E-state index in [2.05, 4.69) is 20.6 Å². The molecule has 0 unspecified atom stereocenters. The summed E-state index contributed by atoms with van der Waals surface area (Å²) >= 11 is 0. The summed E-state index contributed by atoms with van der Waals surface area (Å²) in [5.41, 5.74) is 3.59. The van der Waals surface area contributed by atoms with Crippen LogP contribution in [0.4, 0.5) is 11.6 Å². The standard InChI is InChI=1S/C24H20N6O/c1-16-20(23(31)27-18-12-6-3-7-13-18)21(19-14-8-9-15-25-19)30-24(26-16)28-22(29-30)17-10-4-2-5-11-17/h2-15,21H,1H3,(H,27,31)(H,26,28,29)/t21-/m0/s1. The number of benzene rings is 2. The van der Waals surface area contributed by atoms with Crippen LogP contribution in [-0.2, 0) is 4.79 Å². The molecule has 0 saturated heterocycles. The molecule has 2 aromatic heterocycles. The van der Waals surface area contributed by atoms with Gasteiger partial charge < -0.3 is 10.6 Å². The first kappa shape index (κ1) is 18.7. The zero-order chi connectivity index (χ0) is 21.2. The van der Waals surface area contributed by atoms with E-state index in [1.807, 2.05) is 85.8 Å². The van der Waals surface area contributed by atoms with Gasteiger partial charge in [-0.05, 0) is 31.2 Å². The number of pyridine rings is 1. The van der Waals surface area contributed by atoms with E-state index >= 15 is 0 Å². The summed E-state index contributed by atoms with van der Waals surface area (Å²) in [6.07, 6.45) is 1.72. The molecule has 0 saturated carbocycles. The summed E-state index contributed by atoms with van der Waals surface area (Å²) in [5.74, 6) is 0.944. The second kappa shape index (κ2) is 7.87. The summed E-state index contributed by atoms with van der Waals surface area (Å²) in [4.78, 5) is 22.5. The van der Waals surface area contributed by atoms with E-state index in [0.29, 0.717) is 28.7 Å². The van der Waals surface area contributed by atoms with Crippen LogP contribution < -0.4 is 10.6 Å². The Hall–Kier alpha value is -4.26. The molecule has 2 aromatic carbocycles. The lowest BCUT2D eigenvalue weighted by molar-refractivity contribution is -0.113. The Kier molecular flexibility index (Phi) is 4.76. The van der Waals surface area contributed by atoms with Crippen LogP contribution in [0.15, 0.2) is 96.3 Å². The quantitative estimate of drug-likeness (QED) is 0.527. The zero-order valence-corrected chi connectivity index (χ0v) is 16.9. The Morgan fingerprint density at radius 1 is 0.968 bits per heavy atom. The minimum atomic E-state index is -0.508. The summed E-state index contributed by atoms with van der Waals surface area (Å²) in [7, 11) is 0. The molecule has 1 aliphatic rings. The van der Waals surface area contributed by atoms with Crippen molar-refractivity contribution in [3.05, 3.63) is 102 Å². The molecule has 7 nitrogen and oxygen atoms in total. The maximum atomic E-state index is 13.3. The van der Waals surface area contributed by atoms with E-state index in [9.17, 15) is 4.79 Å². The van der Waals surface area contributed by atoms with Crippen LogP contribution in [0.3, 0.4) is 0 Å². The van der Waals surface area contributed by atoms with Gasteiger partial charge in [0.25, 0.3) is 5.91 Å². The largest absolute Gasteiger partial charge is 0.328 e. The molecular formula is C24H20N6O. The average molecular weight is 408 g/mol. The highest BCUT2D eigenvalue weighted by molar-refractivity contribution is 6.05. The van der Waals surface area contributed by atoms with E-state index in [4.69, 9.17) is 5.10 Å². The Morgan fingerprint density at radius 2 is 1.68 bits per heavy atom. The molecule has 1 amide bonds. The van der Waals surface area contributed by atoms with Gasteiger partial charge >= 0.3 is 0 Å². The zero-order valence-electron chi connectivity index (χ0n) is 16.9. The van der Waals surface area contributed by atoms with E-state index < -0.39 is 6.04 Å². The second-order valence-electron chi connectivity index (χ2n) is 7.21. The number of amides is 1. The molecule has 1 aliphatic heterocycles. The van der Waals surface area contributed by atoms with Gasteiger partial charge in [0.05, 0.1) is 11.3 Å². The molecule has 5 rings (SSSR count). The summed E-state index contributed by atoms with van der Waals surface area (Å²) in [5, 5.41) is 11.0. The number of hydrogen-bond donors (Lipinski definition) is 2. The molecule has 4 aromatic rings. The van der Waals surface area contributed by atoms with Gasteiger partial charge in [-0.3, -0.25) is 9.78 Å². The van der Waals surface area contributed by atoms with Gasteiger partial charge in [-0.1, -0.05) is 54.6 Å². The van der Waals surface area contributed by atoms with Crippen molar-refractivity contribution in [2.75, 3.05) is 10.6 Å². The fourth-order valence-corrected chi connectivity index (χ4v) is 3.69. The predicted octanol–water partition coefficient (Wildman–Crippen LogP) is 4.27. The van der Waals surface area contributed by atoms with Crippen molar-refractivity contribution in [2.24, 2.45) is 0 Å². The first-order valence-electron chi connectivity index (χ1n) is 9.98. The maximum absolute atomic E-state index is 13.3. The number of rotatable bonds is 4. The number of para-hydroxylation sites is 1. The van der Waals surface area contributed by atoms with Gasteiger partial charge in [-0.2, -0.15) is 4.98 Å². The summed E-state index contributed by atoms with van der Waals surface area (Å²) in [6, 6.07) is 24.3. The van der Waals surface area contributed by atoms with Crippen molar-refractivity contribution in [3.8, 4) is 11.4 Å².